The molecule has 1 heterocycles. The maximum absolute atomic E-state index is 12.8. The van der Waals surface area contributed by atoms with E-state index in [0.29, 0.717) is 8.59 Å². The van der Waals surface area contributed by atoms with Gasteiger partial charge in [-0.2, -0.15) is 13.2 Å². The van der Waals surface area contributed by atoms with Crippen molar-refractivity contribution in [3.63, 3.8) is 0 Å². The Morgan fingerprint density at radius 3 is 2.50 bits per heavy atom. The Labute approximate surface area is 118 Å². The van der Waals surface area contributed by atoms with Gasteiger partial charge in [0.2, 0.25) is 0 Å². The first-order valence-electron chi connectivity index (χ1n) is 4.80. The highest BCUT2D eigenvalue weighted by atomic mass is 127. The number of benzene rings is 1. The molecule has 0 aliphatic carbocycles. The molecule has 2 aromatic rings. The minimum atomic E-state index is -4.58. The van der Waals surface area contributed by atoms with Crippen molar-refractivity contribution in [2.75, 3.05) is 0 Å². The van der Waals surface area contributed by atoms with Crippen molar-refractivity contribution >= 4 is 45.1 Å². The summed E-state index contributed by atoms with van der Waals surface area (Å²) >= 11 is 7.63. The molecule has 2 rings (SSSR count). The Balaban J connectivity index is 2.98. The monoisotopic (exact) mass is 387 g/mol. The third-order valence-electron chi connectivity index (χ3n) is 2.55. The zero-order valence-corrected chi connectivity index (χ0v) is 11.9. The van der Waals surface area contributed by atoms with E-state index in [1.807, 2.05) is 22.6 Å². The summed E-state index contributed by atoms with van der Waals surface area (Å²) in [6.07, 6.45) is -4.58. The van der Waals surface area contributed by atoms with E-state index in [1.54, 1.807) is 0 Å². The van der Waals surface area contributed by atoms with Crippen LogP contribution in [0, 0.1) is 10.5 Å². The molecule has 1 aromatic heterocycles. The fourth-order valence-electron chi connectivity index (χ4n) is 1.70. The first-order chi connectivity index (χ1) is 8.21. The Kier molecular flexibility index (Phi) is 3.35. The molecule has 0 fully saturated rings. The van der Waals surface area contributed by atoms with Gasteiger partial charge in [-0.1, -0.05) is 11.6 Å². The topological polar surface area (TPSA) is 32.9 Å². The number of nitrogens with one attached hydrogen (secondary N) is 1. The van der Waals surface area contributed by atoms with Gasteiger partial charge < -0.3 is 4.98 Å². The number of pyridine rings is 1. The Morgan fingerprint density at radius 2 is 1.94 bits per heavy atom. The molecule has 1 aromatic carbocycles. The molecule has 7 heteroatoms. The lowest BCUT2D eigenvalue weighted by atomic mass is 10.1. The molecule has 1 N–H and O–H groups in total. The minimum Gasteiger partial charge on any atom is -0.350 e. The van der Waals surface area contributed by atoms with Gasteiger partial charge in [0.15, 0.2) is 5.43 Å². The number of rotatable bonds is 0. The molecule has 0 spiro atoms. The second-order valence-electron chi connectivity index (χ2n) is 3.76. The van der Waals surface area contributed by atoms with E-state index in [0.717, 1.165) is 6.92 Å². The number of alkyl halides is 3. The van der Waals surface area contributed by atoms with Crippen molar-refractivity contribution in [1.29, 1.82) is 0 Å². The van der Waals surface area contributed by atoms with Crippen LogP contribution in [0.3, 0.4) is 0 Å². The number of aromatic nitrogens is 1. The van der Waals surface area contributed by atoms with Gasteiger partial charge in [0.1, 0.15) is 5.69 Å². The van der Waals surface area contributed by atoms with Crippen LogP contribution in [0.5, 0.6) is 0 Å². The smallest absolute Gasteiger partial charge is 0.350 e. The average Bonchev–Trinajstić information content (AvgIpc) is 2.22. The van der Waals surface area contributed by atoms with E-state index in [4.69, 9.17) is 11.6 Å². The van der Waals surface area contributed by atoms with Crippen molar-refractivity contribution in [2.45, 2.75) is 13.1 Å². The molecule has 2 nitrogen and oxygen atoms in total. The maximum Gasteiger partial charge on any atom is 0.431 e. The van der Waals surface area contributed by atoms with Gasteiger partial charge in [0.25, 0.3) is 0 Å². The van der Waals surface area contributed by atoms with Crippen molar-refractivity contribution in [3.05, 3.63) is 42.2 Å². The molecule has 18 heavy (non-hydrogen) atoms. The first-order valence-corrected chi connectivity index (χ1v) is 6.26. The summed E-state index contributed by atoms with van der Waals surface area (Å²) in [4.78, 5) is 14.2. The summed E-state index contributed by atoms with van der Waals surface area (Å²) in [6.45, 7) is 1.15. The zero-order chi connectivity index (χ0) is 13.7. The van der Waals surface area contributed by atoms with E-state index in [1.165, 1.54) is 12.1 Å². The molecule has 0 atom stereocenters. The largest absolute Gasteiger partial charge is 0.431 e. The molecule has 0 saturated carbocycles. The molecule has 0 unspecified atom stereocenters. The minimum absolute atomic E-state index is 0.155. The second kappa shape index (κ2) is 4.41. The van der Waals surface area contributed by atoms with Crippen LogP contribution in [0.25, 0.3) is 10.9 Å². The van der Waals surface area contributed by atoms with Gasteiger partial charge in [-0.25, -0.2) is 0 Å². The Hall–Kier alpha value is -0.760. The van der Waals surface area contributed by atoms with E-state index in [-0.39, 0.29) is 16.5 Å². The van der Waals surface area contributed by atoms with Gasteiger partial charge in [-0.05, 0) is 41.6 Å². The highest BCUT2D eigenvalue weighted by Crippen LogP contribution is 2.31. The summed E-state index contributed by atoms with van der Waals surface area (Å²) in [5.74, 6) is 0. The first kappa shape index (κ1) is 13.7. The number of fused-ring (bicyclic) bond motifs is 1. The summed E-state index contributed by atoms with van der Waals surface area (Å²) in [6, 6.07) is 2.86. The van der Waals surface area contributed by atoms with Gasteiger partial charge >= 0.3 is 6.18 Å². The SMILES string of the molecule is Cc1c(C(F)(F)F)[nH]c2c(I)cc(Cl)cc2c1=O. The fraction of sp³-hybridized carbons (Fsp3) is 0.182. The van der Waals surface area contributed by atoms with Crippen molar-refractivity contribution in [1.82, 2.24) is 4.98 Å². The van der Waals surface area contributed by atoms with Crippen molar-refractivity contribution in [3.8, 4) is 0 Å². The highest BCUT2D eigenvalue weighted by Gasteiger charge is 2.35. The van der Waals surface area contributed by atoms with E-state index < -0.39 is 17.3 Å². The molecule has 0 radical (unpaired) electrons. The molecule has 0 saturated heterocycles. The number of H-pyrrole nitrogens is 1. The summed E-state index contributed by atoms with van der Waals surface area (Å²) in [5.41, 5.74) is -1.87. The molecular weight excluding hydrogens is 381 g/mol. The number of hydrogen-bond acceptors (Lipinski definition) is 1. The number of halogens is 5. The van der Waals surface area contributed by atoms with Crippen LogP contribution < -0.4 is 5.43 Å². The van der Waals surface area contributed by atoms with Crippen molar-refractivity contribution in [2.24, 2.45) is 0 Å². The summed E-state index contributed by atoms with van der Waals surface area (Å²) in [5, 5.41) is 0.481. The molecule has 96 valence electrons. The fourth-order valence-corrected chi connectivity index (χ4v) is 2.86. The summed E-state index contributed by atoms with van der Waals surface area (Å²) in [7, 11) is 0. The van der Waals surface area contributed by atoms with Crippen LogP contribution in [0.2, 0.25) is 5.02 Å². The van der Waals surface area contributed by atoms with Crippen molar-refractivity contribution < 1.29 is 13.2 Å². The Morgan fingerprint density at radius 1 is 1.33 bits per heavy atom. The quantitative estimate of drug-likeness (QED) is 0.678. The van der Waals surface area contributed by atoms with E-state index >= 15 is 0 Å². The zero-order valence-electron chi connectivity index (χ0n) is 8.95. The maximum atomic E-state index is 12.8. The van der Waals surface area contributed by atoms with Gasteiger partial charge in [0.05, 0.1) is 5.52 Å². The number of hydrogen-bond donors (Lipinski definition) is 1. The van der Waals surface area contributed by atoms with Gasteiger partial charge in [-0.3, -0.25) is 4.79 Å². The average molecular weight is 388 g/mol. The van der Waals surface area contributed by atoms with Crippen LogP contribution in [-0.4, -0.2) is 4.98 Å². The Bertz CT molecular complexity index is 693. The molecule has 0 bridgehead atoms. The number of aromatic amines is 1. The lowest BCUT2D eigenvalue weighted by molar-refractivity contribution is -0.141. The second-order valence-corrected chi connectivity index (χ2v) is 5.36. The van der Waals surface area contributed by atoms with Gasteiger partial charge in [0, 0.05) is 19.5 Å². The molecular formula is C11H6ClF3INO. The van der Waals surface area contributed by atoms with Crippen LogP contribution in [0.4, 0.5) is 13.2 Å². The lowest BCUT2D eigenvalue weighted by Crippen LogP contribution is -2.19. The predicted octanol–water partition coefficient (Wildman–Crippen LogP) is 4.11. The molecule has 0 aliphatic heterocycles. The third-order valence-corrected chi connectivity index (χ3v) is 3.62. The standard InChI is InChI=1S/C11H6ClF3INO/c1-4-9(18)6-2-5(12)3-7(16)8(6)17-10(4)11(13,14)15/h2-3H,1H3,(H,17,18). The highest BCUT2D eigenvalue weighted by molar-refractivity contribution is 14.1. The predicted molar refractivity (Wildman–Crippen MR) is 72.0 cm³/mol. The normalized spacial score (nSPS) is 12.1. The summed E-state index contributed by atoms with van der Waals surface area (Å²) < 4.78 is 38.8. The van der Waals surface area contributed by atoms with Crippen LogP contribution in [0.1, 0.15) is 11.3 Å². The van der Waals surface area contributed by atoms with E-state index in [9.17, 15) is 18.0 Å². The molecule has 0 amide bonds. The van der Waals surface area contributed by atoms with Crippen LogP contribution >= 0.6 is 34.2 Å². The van der Waals surface area contributed by atoms with Crippen LogP contribution in [-0.2, 0) is 6.18 Å². The van der Waals surface area contributed by atoms with Crippen LogP contribution in [0.15, 0.2) is 16.9 Å². The lowest BCUT2D eigenvalue weighted by Gasteiger charge is -2.12. The van der Waals surface area contributed by atoms with E-state index in [2.05, 4.69) is 4.98 Å². The molecule has 0 aliphatic rings. The third kappa shape index (κ3) is 2.23. The van der Waals surface area contributed by atoms with Gasteiger partial charge in [-0.15, -0.1) is 0 Å².